The largest absolute Gasteiger partial charge is 0.323 e. The van der Waals surface area contributed by atoms with Gasteiger partial charge in [-0.2, -0.15) is 0 Å². The molecule has 3 heteroatoms. The molecule has 0 spiro atoms. The lowest BCUT2D eigenvalue weighted by molar-refractivity contribution is -0.113. The zero-order chi connectivity index (χ0) is 7.44. The van der Waals surface area contributed by atoms with Gasteiger partial charge < -0.3 is 10.5 Å². The van der Waals surface area contributed by atoms with Gasteiger partial charge in [0.1, 0.15) is 0 Å². The number of rotatable bonds is 3. The highest BCUT2D eigenvalue weighted by Gasteiger charge is 2.07. The number of nitrogens with two attached hydrogens (primary N) is 1. The van der Waals surface area contributed by atoms with Crippen molar-refractivity contribution in [1.82, 2.24) is 0 Å². The average Bonchev–Trinajstić information content (AvgIpc) is 1.63. The summed E-state index contributed by atoms with van der Waals surface area (Å²) in [7, 11) is 0. The van der Waals surface area contributed by atoms with Crippen molar-refractivity contribution in [3.63, 3.8) is 0 Å². The molecule has 0 amide bonds. The van der Waals surface area contributed by atoms with E-state index in [9.17, 15) is 4.79 Å². The van der Waals surface area contributed by atoms with Crippen molar-refractivity contribution in [2.24, 2.45) is 11.7 Å². The summed E-state index contributed by atoms with van der Waals surface area (Å²) in [5, 5.41) is 0. The molecule has 2 radical (unpaired) electrons. The Labute approximate surface area is 64.2 Å². The Morgan fingerprint density at radius 2 is 2.11 bits per heavy atom. The second-order valence-corrected chi connectivity index (χ2v) is 3.21. The summed E-state index contributed by atoms with van der Waals surface area (Å²) in [4.78, 5) is 10.5. The lowest BCUT2D eigenvalue weighted by atomic mass is 10.1. The quantitative estimate of drug-likeness (QED) is 0.564. The molecule has 0 rings (SSSR count). The van der Waals surface area contributed by atoms with Gasteiger partial charge in [0, 0.05) is 10.7 Å². The molecule has 0 aliphatic rings. The SMILES string of the molecule is CC(C)C[C@H](N)[C](=O)[Al]. The predicted molar refractivity (Wildman–Crippen MR) is 38.2 cm³/mol. The Kier molecular flexibility index (Phi) is 4.13. The minimum atomic E-state index is -0.282. The van der Waals surface area contributed by atoms with Crippen molar-refractivity contribution in [1.29, 1.82) is 0 Å². The minimum Gasteiger partial charge on any atom is -0.323 e. The highest BCUT2D eigenvalue weighted by atomic mass is 27.0. The summed E-state index contributed by atoms with van der Waals surface area (Å²) in [5.41, 5.74) is 5.45. The summed E-state index contributed by atoms with van der Waals surface area (Å²) in [5.74, 6) is 0.504. The third-order valence-electron chi connectivity index (χ3n) is 1.09. The Morgan fingerprint density at radius 3 is 2.22 bits per heavy atom. The van der Waals surface area contributed by atoms with E-state index in [1.807, 2.05) is 13.8 Å². The topological polar surface area (TPSA) is 43.1 Å². The van der Waals surface area contributed by atoms with Crippen LogP contribution in [0.3, 0.4) is 0 Å². The van der Waals surface area contributed by atoms with Crippen LogP contribution in [0.1, 0.15) is 20.3 Å². The lowest BCUT2D eigenvalue weighted by Gasteiger charge is -2.10. The second-order valence-electron chi connectivity index (χ2n) is 2.64. The van der Waals surface area contributed by atoms with Crippen molar-refractivity contribution >= 4 is 20.9 Å². The van der Waals surface area contributed by atoms with E-state index in [1.54, 1.807) is 0 Å². The molecule has 0 aromatic heterocycles. The molecule has 2 N–H and O–H groups in total. The highest BCUT2D eigenvalue weighted by molar-refractivity contribution is 6.59. The van der Waals surface area contributed by atoms with Gasteiger partial charge in [-0.05, 0) is 12.3 Å². The summed E-state index contributed by atoms with van der Waals surface area (Å²) >= 11 is 2.10. The molecular formula is C6H12AlNO. The molecule has 2 nitrogen and oxygen atoms in total. The van der Waals surface area contributed by atoms with Gasteiger partial charge >= 0.3 is 0 Å². The molecule has 0 saturated heterocycles. The Bertz CT molecular complexity index is 103. The van der Waals surface area contributed by atoms with Crippen LogP contribution in [0, 0.1) is 5.92 Å². The third kappa shape index (κ3) is 4.65. The normalized spacial score (nSPS) is 13.8. The molecule has 1 atom stereocenters. The van der Waals surface area contributed by atoms with E-state index < -0.39 is 0 Å². The molecule has 0 aliphatic heterocycles. The van der Waals surface area contributed by atoms with E-state index in [4.69, 9.17) is 5.73 Å². The molecule has 0 aromatic rings. The molecule has 0 heterocycles. The first-order chi connectivity index (χ1) is 4.04. The summed E-state index contributed by atoms with van der Waals surface area (Å²) in [6, 6.07) is -0.282. The molecular weight excluding hydrogens is 129 g/mol. The molecule has 0 unspecified atom stereocenters. The first-order valence-corrected chi connectivity index (χ1v) is 3.66. The average molecular weight is 141 g/mol. The fourth-order valence-corrected chi connectivity index (χ4v) is 0.760. The fourth-order valence-electron chi connectivity index (χ4n) is 0.624. The molecule has 0 aromatic carbocycles. The minimum absolute atomic E-state index is 0.00343. The standard InChI is InChI=1S/C6H12NO.Al/c1-5(2)3-6(7)4-8;/h5-6H,3,7H2,1-2H3;/t6-;/m0./s1. The molecule has 0 fully saturated rings. The van der Waals surface area contributed by atoms with E-state index in [0.29, 0.717) is 5.92 Å². The smallest absolute Gasteiger partial charge is 0.244 e. The summed E-state index contributed by atoms with van der Waals surface area (Å²) in [6.07, 6.45) is 0.780. The van der Waals surface area contributed by atoms with Gasteiger partial charge in [0.05, 0.1) is 0 Å². The van der Waals surface area contributed by atoms with Crippen LogP contribution in [-0.4, -0.2) is 27.0 Å². The van der Waals surface area contributed by atoms with E-state index in [1.165, 1.54) is 0 Å². The Hall–Kier alpha value is 0.162. The first-order valence-electron chi connectivity index (χ1n) is 3.09. The van der Waals surface area contributed by atoms with E-state index >= 15 is 0 Å². The molecule has 0 bridgehead atoms. The van der Waals surface area contributed by atoms with E-state index in [0.717, 1.165) is 6.42 Å². The molecule has 0 aliphatic carbocycles. The highest BCUT2D eigenvalue weighted by Crippen LogP contribution is 2.01. The van der Waals surface area contributed by atoms with Gasteiger partial charge in [-0.15, -0.1) is 0 Å². The van der Waals surface area contributed by atoms with Crippen LogP contribution in [0.2, 0.25) is 0 Å². The first kappa shape index (κ1) is 9.16. The number of carbonyl (C=O) groups is 1. The van der Waals surface area contributed by atoms with Gasteiger partial charge in [0.15, 0.2) is 0 Å². The van der Waals surface area contributed by atoms with Crippen LogP contribution in [-0.2, 0) is 4.79 Å². The van der Waals surface area contributed by atoms with Crippen LogP contribution >= 0.6 is 0 Å². The van der Waals surface area contributed by atoms with E-state index in [2.05, 4.69) is 16.3 Å². The molecule has 9 heavy (non-hydrogen) atoms. The van der Waals surface area contributed by atoms with Crippen LogP contribution < -0.4 is 5.73 Å². The maximum atomic E-state index is 10.5. The summed E-state index contributed by atoms with van der Waals surface area (Å²) < 4.78 is 0.00343. The van der Waals surface area contributed by atoms with Gasteiger partial charge in [-0.25, -0.2) is 0 Å². The molecule has 50 valence electrons. The monoisotopic (exact) mass is 141 g/mol. The van der Waals surface area contributed by atoms with Gasteiger partial charge in [0.2, 0.25) is 16.3 Å². The van der Waals surface area contributed by atoms with Gasteiger partial charge in [0.25, 0.3) is 0 Å². The number of hydrogen-bond donors (Lipinski definition) is 1. The van der Waals surface area contributed by atoms with Crippen molar-refractivity contribution < 1.29 is 4.79 Å². The Balaban J connectivity index is 3.50. The number of hydrogen-bond acceptors (Lipinski definition) is 2. The van der Waals surface area contributed by atoms with Crippen molar-refractivity contribution in [3.8, 4) is 0 Å². The number of carbonyl (C=O) groups excluding carboxylic acids is 1. The lowest BCUT2D eigenvalue weighted by Crippen LogP contribution is -2.31. The van der Waals surface area contributed by atoms with Crippen LogP contribution in [0.25, 0.3) is 0 Å². The maximum absolute atomic E-state index is 10.5. The zero-order valence-electron chi connectivity index (χ0n) is 5.92. The van der Waals surface area contributed by atoms with Crippen LogP contribution in [0.5, 0.6) is 0 Å². The van der Waals surface area contributed by atoms with Crippen molar-refractivity contribution in [2.45, 2.75) is 26.3 Å². The van der Waals surface area contributed by atoms with Gasteiger partial charge in [-0.3, -0.25) is 0 Å². The second kappa shape index (κ2) is 4.05. The van der Waals surface area contributed by atoms with E-state index in [-0.39, 0.29) is 10.7 Å². The third-order valence-corrected chi connectivity index (χ3v) is 1.52. The summed E-state index contributed by atoms with van der Waals surface area (Å²) in [6.45, 7) is 4.10. The predicted octanol–water partition coefficient (Wildman–Crippen LogP) is 0.0549. The van der Waals surface area contributed by atoms with Gasteiger partial charge in [-0.1, -0.05) is 13.8 Å². The fraction of sp³-hybridized carbons (Fsp3) is 0.833. The zero-order valence-corrected chi connectivity index (χ0v) is 7.08. The molecule has 0 saturated carbocycles. The maximum Gasteiger partial charge on any atom is 0.244 e. The van der Waals surface area contributed by atoms with Crippen molar-refractivity contribution in [2.75, 3.05) is 0 Å². The van der Waals surface area contributed by atoms with Crippen LogP contribution in [0.15, 0.2) is 0 Å². The van der Waals surface area contributed by atoms with Crippen LogP contribution in [0.4, 0.5) is 0 Å². The Morgan fingerprint density at radius 1 is 1.67 bits per heavy atom. The van der Waals surface area contributed by atoms with Crippen molar-refractivity contribution in [3.05, 3.63) is 0 Å².